The largest absolute Gasteiger partial charge is 0.462 e. The maximum Gasteiger partial charge on any atom is 0.342 e. The van der Waals surface area contributed by atoms with Crippen molar-refractivity contribution in [2.24, 2.45) is 11.3 Å². The van der Waals surface area contributed by atoms with Gasteiger partial charge in [-0.05, 0) is 33.3 Å². The van der Waals surface area contributed by atoms with Crippen LogP contribution in [0.3, 0.4) is 0 Å². The summed E-state index contributed by atoms with van der Waals surface area (Å²) in [6.07, 6.45) is -3.68. The van der Waals surface area contributed by atoms with Crippen molar-refractivity contribution >= 4 is 17.9 Å². The van der Waals surface area contributed by atoms with E-state index in [0.717, 1.165) is 0 Å². The molecule has 3 aliphatic heterocycles. The van der Waals surface area contributed by atoms with E-state index in [-0.39, 0.29) is 12.5 Å². The van der Waals surface area contributed by atoms with Gasteiger partial charge in [-0.15, -0.1) is 0 Å². The molecule has 0 aromatic rings. The van der Waals surface area contributed by atoms with Crippen molar-refractivity contribution in [1.29, 1.82) is 0 Å². The van der Waals surface area contributed by atoms with E-state index in [9.17, 15) is 24.6 Å². The second-order valence-electron chi connectivity index (χ2n) is 11.0. The number of epoxide rings is 2. The number of aliphatic hydroxyl groups excluding tert-OH is 2. The quantitative estimate of drug-likeness (QED) is 0.249. The molecule has 0 amide bonds. The van der Waals surface area contributed by atoms with E-state index < -0.39 is 76.6 Å². The summed E-state index contributed by atoms with van der Waals surface area (Å²) in [5, 5.41) is 22.7. The van der Waals surface area contributed by atoms with Crippen LogP contribution in [0.4, 0.5) is 0 Å². The summed E-state index contributed by atoms with van der Waals surface area (Å²) in [5.74, 6) is -2.54. The van der Waals surface area contributed by atoms with Crippen LogP contribution in [0, 0.1) is 11.3 Å². The van der Waals surface area contributed by atoms with Crippen LogP contribution >= 0.6 is 0 Å². The Labute approximate surface area is 197 Å². The number of hydrogen-bond donors (Lipinski definition) is 2. The van der Waals surface area contributed by atoms with Crippen LogP contribution in [-0.2, 0) is 38.1 Å². The lowest BCUT2D eigenvalue weighted by atomic mass is 9.53. The van der Waals surface area contributed by atoms with Gasteiger partial charge < -0.3 is 33.9 Å². The fraction of sp³-hybridized carbons (Fsp3) is 0.792. The molecule has 0 aromatic carbocycles. The summed E-state index contributed by atoms with van der Waals surface area (Å²) in [5.41, 5.74) is -4.26. The molecule has 1 spiro atoms. The standard InChI is InChI=1S/C24H32O10/c1-10-7-13(27)18(28)21(4)14(30-11(2)25)9-15-22(5,33-15)17(21)19(31-12(3)26)24-16(8-10)32-20(29)23(24,6)34-24/h8,13-19,27-28H,7,9H2,1-6H3. The van der Waals surface area contributed by atoms with Gasteiger partial charge >= 0.3 is 17.9 Å². The molecule has 3 heterocycles. The van der Waals surface area contributed by atoms with Gasteiger partial charge in [-0.3, -0.25) is 9.59 Å². The second kappa shape index (κ2) is 7.02. The van der Waals surface area contributed by atoms with Crippen molar-refractivity contribution in [3.63, 3.8) is 0 Å². The van der Waals surface area contributed by atoms with Crippen molar-refractivity contribution < 1.29 is 48.3 Å². The molecule has 34 heavy (non-hydrogen) atoms. The van der Waals surface area contributed by atoms with Crippen LogP contribution in [0.2, 0.25) is 0 Å². The number of ether oxygens (including phenoxy) is 5. The zero-order chi connectivity index (χ0) is 25.0. The summed E-state index contributed by atoms with van der Waals surface area (Å²) < 4.78 is 29.5. The molecule has 2 N–H and O–H groups in total. The third kappa shape index (κ3) is 2.85. The maximum atomic E-state index is 12.9. The first kappa shape index (κ1) is 23.7. The highest BCUT2D eigenvalue weighted by molar-refractivity contribution is 5.89. The van der Waals surface area contributed by atoms with Crippen LogP contribution in [0.15, 0.2) is 11.6 Å². The Morgan fingerprint density at radius 2 is 1.76 bits per heavy atom. The molecule has 0 aromatic heterocycles. The van der Waals surface area contributed by atoms with Gasteiger partial charge in [-0.2, -0.15) is 0 Å². The minimum Gasteiger partial charge on any atom is -0.462 e. The number of hydrogen-bond acceptors (Lipinski definition) is 10. The van der Waals surface area contributed by atoms with Crippen LogP contribution in [-0.4, -0.2) is 81.5 Å². The number of fused-ring (bicyclic) bond motifs is 3. The topological polar surface area (TPSA) is 144 Å². The van der Waals surface area contributed by atoms with E-state index >= 15 is 0 Å². The third-order valence-electron chi connectivity index (χ3n) is 8.81. The van der Waals surface area contributed by atoms with E-state index in [1.54, 1.807) is 26.8 Å². The Bertz CT molecular complexity index is 992. The van der Waals surface area contributed by atoms with E-state index in [2.05, 4.69) is 0 Å². The van der Waals surface area contributed by atoms with Gasteiger partial charge in [-0.1, -0.05) is 12.5 Å². The Morgan fingerprint density at radius 3 is 2.35 bits per heavy atom. The van der Waals surface area contributed by atoms with Gasteiger partial charge in [0.1, 0.15) is 12.2 Å². The summed E-state index contributed by atoms with van der Waals surface area (Å²) in [4.78, 5) is 37.3. The molecule has 2 aliphatic carbocycles. The minimum absolute atomic E-state index is 0.0936. The van der Waals surface area contributed by atoms with Gasteiger partial charge in [0, 0.05) is 31.6 Å². The molecule has 0 radical (unpaired) electrons. The molecule has 11 unspecified atom stereocenters. The monoisotopic (exact) mass is 480 g/mol. The van der Waals surface area contributed by atoms with Crippen molar-refractivity contribution in [3.8, 4) is 0 Å². The molecule has 5 aliphatic rings. The SMILES string of the molecule is CC(=O)OC1CC2OC2(C)C2C(OC(C)=O)C34OC3(C)C(=O)OC4C=C(C)CC(O)C(O)C12C. The lowest BCUT2D eigenvalue weighted by Crippen LogP contribution is -2.67. The number of esters is 3. The Morgan fingerprint density at radius 1 is 1.12 bits per heavy atom. The number of rotatable bonds is 2. The smallest absolute Gasteiger partial charge is 0.342 e. The van der Waals surface area contributed by atoms with E-state index in [0.29, 0.717) is 12.0 Å². The van der Waals surface area contributed by atoms with Gasteiger partial charge in [0.25, 0.3) is 0 Å². The Hall–Kier alpha value is -2.01. The molecule has 188 valence electrons. The van der Waals surface area contributed by atoms with Crippen LogP contribution in [0.5, 0.6) is 0 Å². The average Bonchev–Trinajstić information content (AvgIpc) is 3.55. The lowest BCUT2D eigenvalue weighted by Gasteiger charge is -2.54. The normalized spacial score (nSPS) is 53.1. The average molecular weight is 481 g/mol. The number of carbonyl (C=O) groups is 3. The molecule has 0 bridgehead atoms. The van der Waals surface area contributed by atoms with Crippen LogP contribution < -0.4 is 0 Å². The molecule has 10 nitrogen and oxygen atoms in total. The highest BCUT2D eigenvalue weighted by Crippen LogP contribution is 2.69. The molecular weight excluding hydrogens is 448 g/mol. The van der Waals surface area contributed by atoms with Gasteiger partial charge in [-0.25, -0.2) is 4.79 Å². The van der Waals surface area contributed by atoms with Crippen molar-refractivity contribution in [1.82, 2.24) is 0 Å². The molecule has 11 atom stereocenters. The van der Waals surface area contributed by atoms with Gasteiger partial charge in [0.15, 0.2) is 17.3 Å². The number of aliphatic hydroxyl groups is 2. The van der Waals surface area contributed by atoms with Gasteiger partial charge in [0.2, 0.25) is 0 Å². The molecule has 4 fully saturated rings. The lowest BCUT2D eigenvalue weighted by molar-refractivity contribution is -0.216. The highest BCUT2D eigenvalue weighted by Gasteiger charge is 2.89. The molecule has 10 heteroatoms. The first-order valence-corrected chi connectivity index (χ1v) is 11.7. The second-order valence-corrected chi connectivity index (χ2v) is 11.0. The third-order valence-corrected chi connectivity index (χ3v) is 8.81. The van der Waals surface area contributed by atoms with Crippen LogP contribution in [0.25, 0.3) is 0 Å². The summed E-state index contributed by atoms with van der Waals surface area (Å²) in [6, 6.07) is 0. The molecular formula is C24H32O10. The van der Waals surface area contributed by atoms with Crippen LogP contribution in [0.1, 0.15) is 54.4 Å². The fourth-order valence-corrected chi connectivity index (χ4v) is 7.04. The summed E-state index contributed by atoms with van der Waals surface area (Å²) >= 11 is 0. The first-order chi connectivity index (χ1) is 15.7. The highest BCUT2D eigenvalue weighted by atomic mass is 16.7. The zero-order valence-corrected chi connectivity index (χ0v) is 20.2. The predicted molar refractivity (Wildman–Crippen MR) is 113 cm³/mol. The zero-order valence-electron chi connectivity index (χ0n) is 20.2. The first-order valence-electron chi connectivity index (χ1n) is 11.7. The minimum atomic E-state index is -1.37. The number of carbonyl (C=O) groups excluding carboxylic acids is 3. The van der Waals surface area contributed by atoms with E-state index in [1.807, 2.05) is 6.92 Å². The van der Waals surface area contributed by atoms with Crippen molar-refractivity contribution in [3.05, 3.63) is 11.6 Å². The fourth-order valence-electron chi connectivity index (χ4n) is 7.04. The Balaban J connectivity index is 1.75. The van der Waals surface area contributed by atoms with Gasteiger partial charge in [0.05, 0.1) is 23.9 Å². The summed E-state index contributed by atoms with van der Waals surface area (Å²) in [7, 11) is 0. The maximum absolute atomic E-state index is 12.9. The summed E-state index contributed by atoms with van der Waals surface area (Å²) in [6.45, 7) is 9.44. The van der Waals surface area contributed by atoms with Crippen molar-refractivity contribution in [2.45, 2.75) is 108 Å². The molecule has 1 saturated carbocycles. The molecule has 5 rings (SSSR count). The molecule has 3 saturated heterocycles. The predicted octanol–water partition coefficient (Wildman–Crippen LogP) is 0.558. The van der Waals surface area contributed by atoms with E-state index in [1.165, 1.54) is 13.8 Å². The van der Waals surface area contributed by atoms with Crippen molar-refractivity contribution in [2.75, 3.05) is 0 Å². The van der Waals surface area contributed by atoms with E-state index in [4.69, 9.17) is 23.7 Å². The Kier molecular flexibility index (Phi) is 4.90.